The van der Waals surface area contributed by atoms with Crippen molar-refractivity contribution >= 4 is 11.3 Å². The molecule has 0 aromatic carbocycles. The van der Waals surface area contributed by atoms with Gasteiger partial charge in [0.25, 0.3) is 5.92 Å². The van der Waals surface area contributed by atoms with Crippen molar-refractivity contribution in [1.29, 1.82) is 0 Å². The normalized spacial score (nSPS) is 29.6. The summed E-state index contributed by atoms with van der Waals surface area (Å²) in [5, 5.41) is 0.868. The second-order valence-corrected chi connectivity index (χ2v) is 5.13. The third-order valence-corrected chi connectivity index (χ3v) is 3.96. The predicted molar refractivity (Wildman–Crippen MR) is 51.6 cm³/mol. The quantitative estimate of drug-likeness (QED) is 0.828. The lowest BCUT2D eigenvalue weighted by atomic mass is 10.2. The topological polar surface area (TPSA) is 38.9 Å². The van der Waals surface area contributed by atoms with Crippen LogP contribution < -0.4 is 5.73 Å². The summed E-state index contributed by atoms with van der Waals surface area (Å²) in [6, 6.07) is 0. The Balaban J connectivity index is 2.27. The molecule has 5 heteroatoms. The van der Waals surface area contributed by atoms with Gasteiger partial charge in [-0.15, -0.1) is 11.3 Å². The second kappa shape index (κ2) is 2.73. The van der Waals surface area contributed by atoms with E-state index in [4.69, 9.17) is 5.73 Å². The lowest BCUT2D eigenvalue weighted by Gasteiger charge is -2.05. The van der Waals surface area contributed by atoms with Crippen molar-refractivity contribution in [3.8, 4) is 0 Å². The molecule has 0 aliphatic heterocycles. The van der Waals surface area contributed by atoms with Gasteiger partial charge in [0.05, 0.1) is 9.88 Å². The van der Waals surface area contributed by atoms with Gasteiger partial charge in [0, 0.05) is 18.5 Å². The van der Waals surface area contributed by atoms with E-state index in [1.165, 1.54) is 17.5 Å². The fourth-order valence-electron chi connectivity index (χ4n) is 1.33. The lowest BCUT2D eigenvalue weighted by Crippen LogP contribution is -2.25. The molecule has 1 unspecified atom stereocenters. The van der Waals surface area contributed by atoms with Crippen LogP contribution in [0.15, 0.2) is 6.20 Å². The molecule has 1 heterocycles. The molecule has 1 fully saturated rings. The minimum atomic E-state index is -2.74. The molecule has 1 aliphatic rings. The fraction of sp³-hybridized carbons (Fsp3) is 0.667. The zero-order valence-corrected chi connectivity index (χ0v) is 8.87. The minimum absolute atomic E-state index is 0.250. The molecule has 2 nitrogen and oxygen atoms in total. The molecule has 78 valence electrons. The first-order chi connectivity index (χ1) is 6.37. The Kier molecular flexibility index (Phi) is 1.95. The maximum atomic E-state index is 12.9. The Hall–Kier alpha value is -0.550. The van der Waals surface area contributed by atoms with E-state index in [-0.39, 0.29) is 12.3 Å². The summed E-state index contributed by atoms with van der Waals surface area (Å²) in [6.07, 6.45) is 1.24. The van der Waals surface area contributed by atoms with Crippen molar-refractivity contribution in [3.05, 3.63) is 16.1 Å². The number of rotatable bonds is 2. The lowest BCUT2D eigenvalue weighted by molar-refractivity contribution is 0.0899. The van der Waals surface area contributed by atoms with Crippen molar-refractivity contribution in [2.24, 2.45) is 5.73 Å². The van der Waals surface area contributed by atoms with Crippen molar-refractivity contribution in [2.75, 3.05) is 0 Å². The van der Waals surface area contributed by atoms with E-state index in [9.17, 15) is 8.78 Å². The van der Waals surface area contributed by atoms with Gasteiger partial charge >= 0.3 is 0 Å². The first kappa shape index (κ1) is 9.98. The molecule has 0 saturated heterocycles. The molecule has 1 atom stereocenters. The highest BCUT2D eigenvalue weighted by Crippen LogP contribution is 2.58. The van der Waals surface area contributed by atoms with Gasteiger partial charge in [0.15, 0.2) is 0 Å². The monoisotopic (exact) mass is 218 g/mol. The Bertz CT molecular complexity index is 361. The summed E-state index contributed by atoms with van der Waals surface area (Å²) < 4.78 is 25.9. The van der Waals surface area contributed by atoms with Crippen LogP contribution >= 0.6 is 11.3 Å². The molecular weight excluding hydrogens is 206 g/mol. The summed E-state index contributed by atoms with van der Waals surface area (Å²) in [5.74, 6) is -2.47. The third-order valence-electron chi connectivity index (χ3n) is 2.49. The molecule has 0 bridgehead atoms. The minimum Gasteiger partial charge on any atom is -0.316 e. The van der Waals surface area contributed by atoms with Crippen molar-refractivity contribution < 1.29 is 8.78 Å². The third kappa shape index (κ3) is 1.26. The number of alkyl halides is 2. The number of halogens is 2. The molecule has 1 saturated carbocycles. The van der Waals surface area contributed by atoms with Crippen molar-refractivity contribution in [2.45, 2.75) is 37.6 Å². The van der Waals surface area contributed by atoms with Gasteiger partial charge < -0.3 is 5.73 Å². The van der Waals surface area contributed by atoms with E-state index >= 15 is 0 Å². The van der Waals surface area contributed by atoms with E-state index in [0.29, 0.717) is 4.88 Å². The highest BCUT2D eigenvalue weighted by atomic mass is 32.1. The van der Waals surface area contributed by atoms with Gasteiger partial charge in [-0.1, -0.05) is 13.8 Å². The summed E-state index contributed by atoms with van der Waals surface area (Å²) in [5.41, 5.74) is 4.15. The molecule has 2 rings (SSSR count). The molecular formula is C9H12F2N2S. The van der Waals surface area contributed by atoms with E-state index in [2.05, 4.69) is 4.98 Å². The van der Waals surface area contributed by atoms with Gasteiger partial charge in [-0.25, -0.2) is 13.8 Å². The Labute approximate surface area is 85.1 Å². The fourth-order valence-corrected chi connectivity index (χ4v) is 2.41. The zero-order valence-electron chi connectivity index (χ0n) is 8.05. The average molecular weight is 218 g/mol. The maximum absolute atomic E-state index is 12.9. The molecule has 1 aromatic rings. The number of hydrogen-bond donors (Lipinski definition) is 1. The largest absolute Gasteiger partial charge is 0.316 e. The number of thiazole rings is 1. The number of nitrogens with zero attached hydrogens (tertiary/aromatic N) is 1. The molecule has 1 aliphatic carbocycles. The van der Waals surface area contributed by atoms with Gasteiger partial charge in [0.1, 0.15) is 5.54 Å². The molecule has 0 amide bonds. The summed E-state index contributed by atoms with van der Waals surface area (Å²) in [7, 11) is 0. The van der Waals surface area contributed by atoms with Crippen LogP contribution in [0.5, 0.6) is 0 Å². The molecule has 0 radical (unpaired) electrons. The van der Waals surface area contributed by atoms with E-state index in [1.54, 1.807) is 0 Å². The van der Waals surface area contributed by atoms with Gasteiger partial charge in [0.2, 0.25) is 0 Å². The highest BCUT2D eigenvalue weighted by Gasteiger charge is 2.70. The Morgan fingerprint density at radius 3 is 2.50 bits per heavy atom. The number of hydrogen-bond acceptors (Lipinski definition) is 3. The SMILES string of the molecule is CC(C)c1ncc(C2(N)CC2(F)F)s1. The van der Waals surface area contributed by atoms with Gasteiger partial charge in [-0.3, -0.25) is 0 Å². The van der Waals surface area contributed by atoms with Crippen LogP contribution in [0, 0.1) is 0 Å². The maximum Gasteiger partial charge on any atom is 0.273 e. The van der Waals surface area contributed by atoms with Crippen LogP contribution in [0.1, 0.15) is 36.1 Å². The Morgan fingerprint density at radius 1 is 1.57 bits per heavy atom. The van der Waals surface area contributed by atoms with Crippen molar-refractivity contribution in [1.82, 2.24) is 4.98 Å². The van der Waals surface area contributed by atoms with Crippen LogP contribution in [-0.4, -0.2) is 10.9 Å². The molecule has 14 heavy (non-hydrogen) atoms. The van der Waals surface area contributed by atoms with E-state index < -0.39 is 11.5 Å². The van der Waals surface area contributed by atoms with Gasteiger partial charge in [-0.2, -0.15) is 0 Å². The molecule has 1 aromatic heterocycles. The first-order valence-electron chi connectivity index (χ1n) is 4.50. The smallest absolute Gasteiger partial charge is 0.273 e. The van der Waals surface area contributed by atoms with Crippen LogP contribution in [0.2, 0.25) is 0 Å². The van der Waals surface area contributed by atoms with E-state index in [1.807, 2.05) is 13.8 Å². The summed E-state index contributed by atoms with van der Waals surface area (Å²) in [4.78, 5) is 4.60. The average Bonchev–Trinajstić information content (AvgIpc) is 2.53. The zero-order chi connectivity index (χ0) is 10.6. The predicted octanol–water partition coefficient (Wildman–Crippen LogP) is 2.46. The second-order valence-electron chi connectivity index (χ2n) is 4.07. The van der Waals surface area contributed by atoms with Crippen LogP contribution in [0.25, 0.3) is 0 Å². The summed E-state index contributed by atoms with van der Waals surface area (Å²) in [6.45, 7) is 3.97. The van der Waals surface area contributed by atoms with Gasteiger partial charge in [-0.05, 0) is 0 Å². The number of aromatic nitrogens is 1. The Morgan fingerprint density at radius 2 is 2.14 bits per heavy atom. The number of nitrogens with two attached hydrogens (primary N) is 1. The van der Waals surface area contributed by atoms with E-state index in [0.717, 1.165) is 5.01 Å². The van der Waals surface area contributed by atoms with Crippen LogP contribution in [0.3, 0.4) is 0 Å². The summed E-state index contributed by atoms with van der Waals surface area (Å²) >= 11 is 1.30. The van der Waals surface area contributed by atoms with Crippen LogP contribution in [0.4, 0.5) is 8.78 Å². The first-order valence-corrected chi connectivity index (χ1v) is 5.31. The molecule has 0 spiro atoms. The molecule has 2 N–H and O–H groups in total. The standard InChI is InChI=1S/C9H12F2N2S/c1-5(2)7-13-3-6(14-7)8(12)4-9(8,10)11/h3,5H,4,12H2,1-2H3. The highest BCUT2D eigenvalue weighted by molar-refractivity contribution is 7.11. The van der Waals surface area contributed by atoms with Crippen LogP contribution in [-0.2, 0) is 5.54 Å². The van der Waals surface area contributed by atoms with Crippen molar-refractivity contribution in [3.63, 3.8) is 0 Å².